The van der Waals surface area contributed by atoms with Crippen LogP contribution in [-0.4, -0.2) is 12.6 Å². The monoisotopic (exact) mass is 253 g/mol. The molecule has 1 fully saturated rings. The number of methoxy groups -OCH3 is 1. The minimum absolute atomic E-state index is 0.0138. The Morgan fingerprint density at radius 1 is 1.18 bits per heavy atom. The Labute approximate surface area is 108 Å². The molecule has 0 aliphatic heterocycles. The van der Waals surface area contributed by atoms with Crippen LogP contribution in [0.1, 0.15) is 35.1 Å². The molecular weight excluding hydrogens is 234 g/mol. The number of halogens is 1. The molecule has 0 saturated heterocycles. The van der Waals surface area contributed by atoms with Gasteiger partial charge in [0, 0.05) is 5.54 Å². The van der Waals surface area contributed by atoms with Crippen LogP contribution in [-0.2, 0) is 6.42 Å². The highest BCUT2D eigenvalue weighted by molar-refractivity contribution is 6.33. The lowest BCUT2D eigenvalue weighted by atomic mass is 9.92. The van der Waals surface area contributed by atoms with Gasteiger partial charge in [-0.3, -0.25) is 0 Å². The molecule has 2 N–H and O–H groups in total. The minimum Gasteiger partial charge on any atom is -0.495 e. The van der Waals surface area contributed by atoms with Crippen molar-refractivity contribution in [2.45, 2.75) is 45.6 Å². The molecule has 17 heavy (non-hydrogen) atoms. The summed E-state index contributed by atoms with van der Waals surface area (Å²) in [7, 11) is 1.66. The van der Waals surface area contributed by atoms with Gasteiger partial charge >= 0.3 is 0 Å². The second-order valence-corrected chi connectivity index (χ2v) is 5.62. The number of hydrogen-bond donors (Lipinski definition) is 1. The molecule has 2 rings (SSSR count). The first-order valence-corrected chi connectivity index (χ1v) is 6.38. The first-order chi connectivity index (χ1) is 7.89. The summed E-state index contributed by atoms with van der Waals surface area (Å²) in [6.45, 7) is 6.24. The lowest BCUT2D eigenvalue weighted by Gasteiger charge is -2.20. The van der Waals surface area contributed by atoms with Gasteiger partial charge in [-0.25, -0.2) is 0 Å². The van der Waals surface area contributed by atoms with Crippen LogP contribution >= 0.6 is 11.6 Å². The van der Waals surface area contributed by atoms with E-state index in [1.165, 1.54) is 11.1 Å². The maximum atomic E-state index is 6.36. The average Bonchev–Trinajstić information content (AvgIpc) is 3.01. The van der Waals surface area contributed by atoms with Crippen LogP contribution in [0.5, 0.6) is 5.75 Å². The summed E-state index contributed by atoms with van der Waals surface area (Å²) < 4.78 is 5.37. The number of benzene rings is 1. The summed E-state index contributed by atoms with van der Waals surface area (Å²) in [4.78, 5) is 0. The van der Waals surface area contributed by atoms with Crippen LogP contribution in [0, 0.1) is 20.8 Å². The van der Waals surface area contributed by atoms with Crippen molar-refractivity contribution in [1.82, 2.24) is 0 Å². The number of rotatable bonds is 3. The third-order valence-electron chi connectivity index (χ3n) is 3.96. The largest absolute Gasteiger partial charge is 0.495 e. The Bertz CT molecular complexity index is 435. The SMILES string of the molecule is COc1c(C)c(C)c(CC2(N)CC2)c(C)c1Cl. The lowest BCUT2D eigenvalue weighted by Crippen LogP contribution is -2.25. The highest BCUT2D eigenvalue weighted by Crippen LogP contribution is 2.42. The first-order valence-electron chi connectivity index (χ1n) is 6.00. The zero-order valence-corrected chi connectivity index (χ0v) is 11.7. The van der Waals surface area contributed by atoms with E-state index in [0.717, 1.165) is 41.2 Å². The first kappa shape index (κ1) is 12.7. The van der Waals surface area contributed by atoms with E-state index in [1.807, 2.05) is 0 Å². The Kier molecular flexibility index (Phi) is 3.13. The molecule has 2 nitrogen and oxygen atoms in total. The molecule has 1 aliphatic rings. The van der Waals surface area contributed by atoms with Crippen molar-refractivity contribution in [1.29, 1.82) is 0 Å². The molecule has 0 aromatic heterocycles. The fraction of sp³-hybridized carbons (Fsp3) is 0.571. The second-order valence-electron chi connectivity index (χ2n) is 5.24. The molecule has 1 aliphatic carbocycles. The standard InChI is InChI=1S/C14H20ClNO/c1-8-9(2)13(17-4)12(15)10(3)11(8)7-14(16)5-6-14/h5-7,16H2,1-4H3. The van der Waals surface area contributed by atoms with Crippen LogP contribution in [0.3, 0.4) is 0 Å². The van der Waals surface area contributed by atoms with Gasteiger partial charge in [0.2, 0.25) is 0 Å². The summed E-state index contributed by atoms with van der Waals surface area (Å²) in [5, 5.41) is 0.731. The minimum atomic E-state index is 0.0138. The van der Waals surface area contributed by atoms with E-state index < -0.39 is 0 Å². The van der Waals surface area contributed by atoms with Crippen molar-refractivity contribution in [2.75, 3.05) is 7.11 Å². The van der Waals surface area contributed by atoms with E-state index in [2.05, 4.69) is 20.8 Å². The van der Waals surface area contributed by atoms with Gasteiger partial charge in [-0.05, 0) is 62.3 Å². The molecular formula is C14H20ClNO. The van der Waals surface area contributed by atoms with Gasteiger partial charge in [-0.15, -0.1) is 0 Å². The fourth-order valence-corrected chi connectivity index (χ4v) is 2.68. The van der Waals surface area contributed by atoms with Gasteiger partial charge in [-0.1, -0.05) is 11.6 Å². The van der Waals surface area contributed by atoms with E-state index >= 15 is 0 Å². The van der Waals surface area contributed by atoms with Crippen LogP contribution in [0.15, 0.2) is 0 Å². The lowest BCUT2D eigenvalue weighted by molar-refractivity contribution is 0.411. The van der Waals surface area contributed by atoms with Crippen LogP contribution in [0.2, 0.25) is 5.02 Å². The molecule has 0 atom stereocenters. The molecule has 0 bridgehead atoms. The van der Waals surface area contributed by atoms with E-state index in [9.17, 15) is 0 Å². The topological polar surface area (TPSA) is 35.2 Å². The summed E-state index contributed by atoms with van der Waals surface area (Å²) in [5.74, 6) is 0.798. The fourth-order valence-electron chi connectivity index (χ4n) is 2.34. The number of ether oxygens (including phenoxy) is 1. The van der Waals surface area contributed by atoms with E-state index in [-0.39, 0.29) is 5.54 Å². The summed E-state index contributed by atoms with van der Waals surface area (Å²) in [5.41, 5.74) is 11.0. The quantitative estimate of drug-likeness (QED) is 0.897. The maximum absolute atomic E-state index is 6.36. The zero-order chi connectivity index (χ0) is 12.8. The molecule has 0 radical (unpaired) electrons. The van der Waals surface area contributed by atoms with Crippen molar-refractivity contribution < 1.29 is 4.74 Å². The van der Waals surface area contributed by atoms with Crippen LogP contribution in [0.4, 0.5) is 0 Å². The Balaban J connectivity index is 2.52. The highest BCUT2D eigenvalue weighted by atomic mass is 35.5. The van der Waals surface area contributed by atoms with Gasteiger partial charge in [0.05, 0.1) is 12.1 Å². The van der Waals surface area contributed by atoms with Crippen LogP contribution < -0.4 is 10.5 Å². The van der Waals surface area contributed by atoms with Crippen molar-refractivity contribution in [3.63, 3.8) is 0 Å². The molecule has 3 heteroatoms. The normalized spacial score (nSPS) is 17.1. The summed E-state index contributed by atoms with van der Waals surface area (Å²) in [6.07, 6.45) is 3.17. The Morgan fingerprint density at radius 3 is 2.24 bits per heavy atom. The van der Waals surface area contributed by atoms with E-state index in [0.29, 0.717) is 0 Å². The zero-order valence-electron chi connectivity index (χ0n) is 11.0. The molecule has 0 unspecified atom stereocenters. The average molecular weight is 254 g/mol. The molecule has 1 saturated carbocycles. The van der Waals surface area contributed by atoms with Crippen molar-refractivity contribution in [3.8, 4) is 5.75 Å². The van der Waals surface area contributed by atoms with Crippen molar-refractivity contribution in [3.05, 3.63) is 27.3 Å². The number of hydrogen-bond acceptors (Lipinski definition) is 2. The van der Waals surface area contributed by atoms with Gasteiger partial charge in [0.25, 0.3) is 0 Å². The smallest absolute Gasteiger partial charge is 0.140 e. The highest BCUT2D eigenvalue weighted by Gasteiger charge is 2.39. The van der Waals surface area contributed by atoms with Crippen molar-refractivity contribution in [2.24, 2.45) is 5.73 Å². The van der Waals surface area contributed by atoms with Gasteiger partial charge in [-0.2, -0.15) is 0 Å². The predicted molar refractivity (Wildman–Crippen MR) is 72.1 cm³/mol. The van der Waals surface area contributed by atoms with E-state index in [1.54, 1.807) is 7.11 Å². The van der Waals surface area contributed by atoms with Gasteiger partial charge in [0.1, 0.15) is 5.75 Å². The second kappa shape index (κ2) is 4.18. The van der Waals surface area contributed by atoms with Crippen molar-refractivity contribution >= 4 is 11.6 Å². The maximum Gasteiger partial charge on any atom is 0.140 e. The predicted octanol–water partition coefficient (Wildman–Crippen LogP) is 3.31. The Hall–Kier alpha value is -0.730. The number of nitrogens with two attached hydrogens (primary N) is 1. The summed E-state index contributed by atoms with van der Waals surface area (Å²) in [6, 6.07) is 0. The van der Waals surface area contributed by atoms with Gasteiger partial charge in [0.15, 0.2) is 0 Å². The third kappa shape index (κ3) is 2.16. The molecule has 0 amide bonds. The van der Waals surface area contributed by atoms with Crippen LogP contribution in [0.25, 0.3) is 0 Å². The molecule has 94 valence electrons. The van der Waals surface area contributed by atoms with Gasteiger partial charge < -0.3 is 10.5 Å². The Morgan fingerprint density at radius 2 is 1.76 bits per heavy atom. The molecule has 1 aromatic rings. The summed E-state index contributed by atoms with van der Waals surface area (Å²) >= 11 is 6.36. The molecule has 1 aromatic carbocycles. The third-order valence-corrected chi connectivity index (χ3v) is 4.42. The van der Waals surface area contributed by atoms with E-state index in [4.69, 9.17) is 22.1 Å². The molecule has 0 heterocycles. The molecule has 0 spiro atoms.